The van der Waals surface area contributed by atoms with E-state index in [-0.39, 0.29) is 24.3 Å². The van der Waals surface area contributed by atoms with Crippen molar-refractivity contribution in [2.45, 2.75) is 32.8 Å². The van der Waals surface area contributed by atoms with Crippen molar-refractivity contribution in [3.63, 3.8) is 0 Å². The zero-order valence-corrected chi connectivity index (χ0v) is 11.6. The summed E-state index contributed by atoms with van der Waals surface area (Å²) in [5, 5.41) is 20.3. The van der Waals surface area contributed by atoms with E-state index in [2.05, 4.69) is 10.3 Å². The van der Waals surface area contributed by atoms with Gasteiger partial charge in [-0.25, -0.2) is 9.59 Å². The summed E-state index contributed by atoms with van der Waals surface area (Å²) in [6.45, 7) is 4.98. The van der Waals surface area contributed by atoms with Crippen LogP contribution in [0.15, 0.2) is 12.3 Å². The van der Waals surface area contributed by atoms with Gasteiger partial charge in [0.05, 0.1) is 16.9 Å². The van der Waals surface area contributed by atoms with Gasteiger partial charge in [0.1, 0.15) is 5.60 Å². The second-order valence-electron chi connectivity index (χ2n) is 5.12. The van der Waals surface area contributed by atoms with E-state index >= 15 is 0 Å². The minimum atomic E-state index is -1.15. The highest BCUT2D eigenvalue weighted by atomic mass is 16.6. The first-order chi connectivity index (χ1) is 9.23. The quantitative estimate of drug-likeness (QED) is 0.775. The molecule has 0 aliphatic heterocycles. The number of anilines is 1. The highest BCUT2D eigenvalue weighted by Crippen LogP contribution is 2.17. The molecule has 20 heavy (non-hydrogen) atoms. The average molecular weight is 282 g/mol. The molecule has 0 aromatic carbocycles. The molecule has 1 aromatic rings. The Kier molecular flexibility index (Phi) is 5.04. The molecule has 7 heteroatoms. The van der Waals surface area contributed by atoms with Gasteiger partial charge >= 0.3 is 12.1 Å². The fourth-order valence-corrected chi connectivity index (χ4v) is 1.44. The molecule has 7 nitrogen and oxygen atoms in total. The Morgan fingerprint density at radius 1 is 1.40 bits per heavy atom. The van der Waals surface area contributed by atoms with Gasteiger partial charge in [0.2, 0.25) is 0 Å². The van der Waals surface area contributed by atoms with Crippen molar-refractivity contribution in [1.29, 1.82) is 0 Å². The zero-order chi connectivity index (χ0) is 15.3. The van der Waals surface area contributed by atoms with Crippen LogP contribution in [0.1, 0.15) is 36.8 Å². The van der Waals surface area contributed by atoms with Gasteiger partial charge in [-0.05, 0) is 26.8 Å². The molecular weight excluding hydrogens is 264 g/mol. The number of carbonyl (C=O) groups is 2. The number of aromatic carboxylic acids is 1. The van der Waals surface area contributed by atoms with Crippen LogP contribution in [0.5, 0.6) is 0 Å². The third-order valence-corrected chi connectivity index (χ3v) is 2.20. The fraction of sp³-hybridized carbons (Fsp3) is 0.462. The minimum Gasteiger partial charge on any atom is -0.478 e. The molecule has 1 heterocycles. The smallest absolute Gasteiger partial charge is 0.412 e. The van der Waals surface area contributed by atoms with Crippen molar-refractivity contribution in [2.75, 3.05) is 11.9 Å². The standard InChI is InChI=1S/C13H18N2O5/c1-13(2,3)20-12(19)15-10-6-8(11(17)18)7-14-9(10)4-5-16/h6-7,16H,4-5H2,1-3H3,(H,15,19)(H,17,18). The normalized spacial score (nSPS) is 11.0. The molecule has 3 N–H and O–H groups in total. The van der Waals surface area contributed by atoms with E-state index in [0.29, 0.717) is 5.69 Å². The number of pyridine rings is 1. The van der Waals surface area contributed by atoms with E-state index in [1.165, 1.54) is 12.3 Å². The molecule has 0 bridgehead atoms. The Morgan fingerprint density at radius 2 is 2.05 bits per heavy atom. The summed E-state index contributed by atoms with van der Waals surface area (Å²) in [5.74, 6) is -1.15. The first kappa shape index (κ1) is 15.9. The first-order valence-corrected chi connectivity index (χ1v) is 6.06. The number of rotatable bonds is 4. The molecule has 0 aliphatic carbocycles. The van der Waals surface area contributed by atoms with Crippen molar-refractivity contribution in [3.8, 4) is 0 Å². The zero-order valence-electron chi connectivity index (χ0n) is 11.6. The van der Waals surface area contributed by atoms with Gasteiger partial charge < -0.3 is 14.9 Å². The molecule has 0 saturated heterocycles. The molecule has 1 aromatic heterocycles. The van der Waals surface area contributed by atoms with Crippen molar-refractivity contribution < 1.29 is 24.5 Å². The maximum absolute atomic E-state index is 11.7. The molecule has 0 fully saturated rings. The third kappa shape index (κ3) is 4.85. The Morgan fingerprint density at radius 3 is 2.55 bits per heavy atom. The second-order valence-corrected chi connectivity index (χ2v) is 5.12. The SMILES string of the molecule is CC(C)(C)OC(=O)Nc1cc(C(=O)O)cnc1CCO. The summed E-state index contributed by atoms with van der Waals surface area (Å²) >= 11 is 0. The number of hydrogen-bond donors (Lipinski definition) is 3. The second kappa shape index (κ2) is 6.33. The highest BCUT2D eigenvalue weighted by molar-refractivity contribution is 5.91. The predicted molar refractivity (Wildman–Crippen MR) is 71.8 cm³/mol. The summed E-state index contributed by atoms with van der Waals surface area (Å²) in [5.41, 5.74) is -0.117. The summed E-state index contributed by atoms with van der Waals surface area (Å²) in [4.78, 5) is 26.5. The van der Waals surface area contributed by atoms with Crippen molar-refractivity contribution in [3.05, 3.63) is 23.5 Å². The largest absolute Gasteiger partial charge is 0.478 e. The lowest BCUT2D eigenvalue weighted by molar-refractivity contribution is 0.0632. The van der Waals surface area contributed by atoms with Crippen LogP contribution >= 0.6 is 0 Å². The van der Waals surface area contributed by atoms with Crippen molar-refractivity contribution in [2.24, 2.45) is 0 Å². The highest BCUT2D eigenvalue weighted by Gasteiger charge is 2.18. The van der Waals surface area contributed by atoms with E-state index in [1.54, 1.807) is 20.8 Å². The number of amides is 1. The lowest BCUT2D eigenvalue weighted by Crippen LogP contribution is -2.27. The van der Waals surface area contributed by atoms with Gasteiger partial charge in [-0.3, -0.25) is 10.3 Å². The number of carbonyl (C=O) groups excluding carboxylic acids is 1. The van der Waals surface area contributed by atoms with E-state index in [9.17, 15) is 9.59 Å². The number of nitrogens with zero attached hydrogens (tertiary/aromatic N) is 1. The molecule has 0 atom stereocenters. The van der Waals surface area contributed by atoms with Gasteiger partial charge in [-0.2, -0.15) is 0 Å². The number of hydrogen-bond acceptors (Lipinski definition) is 5. The van der Waals surface area contributed by atoms with Crippen LogP contribution in [0.25, 0.3) is 0 Å². The molecule has 1 amide bonds. The number of aliphatic hydroxyl groups excluding tert-OH is 1. The Hall–Kier alpha value is -2.15. The van der Waals surface area contributed by atoms with Crippen LogP contribution in [0.4, 0.5) is 10.5 Å². The van der Waals surface area contributed by atoms with E-state index in [0.717, 1.165) is 0 Å². The molecule has 0 spiro atoms. The van der Waals surface area contributed by atoms with Crippen LogP contribution < -0.4 is 5.32 Å². The van der Waals surface area contributed by atoms with Crippen LogP contribution in [-0.2, 0) is 11.2 Å². The lowest BCUT2D eigenvalue weighted by Gasteiger charge is -2.20. The number of ether oxygens (including phenoxy) is 1. The molecule has 1 rings (SSSR count). The number of carboxylic acids is 1. The van der Waals surface area contributed by atoms with E-state index in [1.807, 2.05) is 0 Å². The molecule has 110 valence electrons. The Bertz CT molecular complexity index is 508. The van der Waals surface area contributed by atoms with E-state index < -0.39 is 17.7 Å². The third-order valence-electron chi connectivity index (χ3n) is 2.20. The number of aliphatic hydroxyl groups is 1. The van der Waals surface area contributed by atoms with Crippen LogP contribution in [0, 0.1) is 0 Å². The van der Waals surface area contributed by atoms with Gasteiger partial charge in [0.15, 0.2) is 0 Å². The maximum Gasteiger partial charge on any atom is 0.412 e. The summed E-state index contributed by atoms with van der Waals surface area (Å²) in [7, 11) is 0. The van der Waals surface area contributed by atoms with E-state index in [4.69, 9.17) is 14.9 Å². The van der Waals surface area contributed by atoms with Crippen molar-refractivity contribution >= 4 is 17.7 Å². The lowest BCUT2D eigenvalue weighted by atomic mass is 10.2. The minimum absolute atomic E-state index is 0.0576. The fourth-order valence-electron chi connectivity index (χ4n) is 1.44. The summed E-state index contributed by atoms with van der Waals surface area (Å²) in [6.07, 6.45) is 0.666. The summed E-state index contributed by atoms with van der Waals surface area (Å²) < 4.78 is 5.09. The van der Waals surface area contributed by atoms with Gasteiger partial charge in [0.25, 0.3) is 0 Å². The van der Waals surface area contributed by atoms with Crippen molar-refractivity contribution in [1.82, 2.24) is 4.98 Å². The molecule has 0 aliphatic rings. The monoisotopic (exact) mass is 282 g/mol. The topological polar surface area (TPSA) is 109 Å². The molecular formula is C13H18N2O5. The molecule has 0 saturated carbocycles. The van der Waals surface area contributed by atoms with Crippen LogP contribution in [0.3, 0.4) is 0 Å². The Labute approximate surface area is 116 Å². The van der Waals surface area contributed by atoms with Crippen LogP contribution in [0.2, 0.25) is 0 Å². The van der Waals surface area contributed by atoms with Gasteiger partial charge in [-0.1, -0.05) is 0 Å². The molecule has 0 radical (unpaired) electrons. The number of nitrogens with one attached hydrogen (secondary N) is 1. The average Bonchev–Trinajstić information content (AvgIpc) is 2.28. The predicted octanol–water partition coefficient (Wildman–Crippen LogP) is 1.66. The summed E-state index contributed by atoms with van der Waals surface area (Å²) in [6, 6.07) is 1.28. The number of aromatic nitrogens is 1. The first-order valence-electron chi connectivity index (χ1n) is 6.06. The maximum atomic E-state index is 11.7. The van der Waals surface area contributed by atoms with Gasteiger partial charge in [-0.15, -0.1) is 0 Å². The van der Waals surface area contributed by atoms with Gasteiger partial charge in [0, 0.05) is 19.2 Å². The molecule has 0 unspecified atom stereocenters. The van der Waals surface area contributed by atoms with Crippen LogP contribution in [-0.4, -0.2) is 39.5 Å². The Balaban J connectivity index is 2.98. The number of carboxylic acid groups (broad SMARTS) is 1.